The topological polar surface area (TPSA) is 72.8 Å². The normalized spacial score (nSPS) is 11.9. The van der Waals surface area contributed by atoms with E-state index in [9.17, 15) is 9.59 Å². The molecule has 5 heteroatoms. The van der Waals surface area contributed by atoms with Crippen molar-refractivity contribution >= 4 is 11.9 Å². The Bertz CT molecular complexity index is 303. The number of hydrogen-bond donors (Lipinski definition) is 1. The van der Waals surface area contributed by atoms with E-state index in [0.717, 1.165) is 5.57 Å². The number of allylic oxidation sites excluding steroid dienone is 1. The van der Waals surface area contributed by atoms with E-state index in [-0.39, 0.29) is 25.1 Å². The lowest BCUT2D eigenvalue weighted by Gasteiger charge is -2.15. The molecule has 0 radical (unpaired) electrons. The van der Waals surface area contributed by atoms with Gasteiger partial charge in [0.2, 0.25) is 0 Å². The zero-order valence-electron chi connectivity index (χ0n) is 11.4. The van der Waals surface area contributed by atoms with Crippen LogP contribution in [0.2, 0.25) is 0 Å². The molecule has 104 valence electrons. The van der Waals surface area contributed by atoms with E-state index in [1.165, 1.54) is 6.08 Å². The second kappa shape index (κ2) is 8.69. The SMILES string of the molecule is CC(C)=CC(=O)OC(CO)COC(=O)CC(C)C. The summed E-state index contributed by atoms with van der Waals surface area (Å²) in [7, 11) is 0. The van der Waals surface area contributed by atoms with Gasteiger partial charge in [0.05, 0.1) is 6.61 Å². The van der Waals surface area contributed by atoms with Gasteiger partial charge in [-0.1, -0.05) is 19.4 Å². The van der Waals surface area contributed by atoms with Crippen LogP contribution in [0.25, 0.3) is 0 Å². The molecule has 5 nitrogen and oxygen atoms in total. The smallest absolute Gasteiger partial charge is 0.331 e. The number of ether oxygens (including phenoxy) is 2. The predicted molar refractivity (Wildman–Crippen MR) is 66.8 cm³/mol. The number of carbonyl (C=O) groups excluding carboxylic acids is 2. The molecule has 1 unspecified atom stereocenters. The predicted octanol–water partition coefficient (Wildman–Crippen LogP) is 1.45. The molecule has 0 saturated heterocycles. The van der Waals surface area contributed by atoms with Crippen molar-refractivity contribution in [3.63, 3.8) is 0 Å². The van der Waals surface area contributed by atoms with Gasteiger partial charge in [-0.25, -0.2) is 4.79 Å². The van der Waals surface area contributed by atoms with Crippen LogP contribution in [0.1, 0.15) is 34.1 Å². The molecule has 0 spiro atoms. The van der Waals surface area contributed by atoms with Crippen LogP contribution in [-0.4, -0.2) is 36.4 Å². The molecule has 0 rings (SSSR count). The van der Waals surface area contributed by atoms with Crippen LogP contribution >= 0.6 is 0 Å². The van der Waals surface area contributed by atoms with Crippen LogP contribution in [0, 0.1) is 5.92 Å². The number of hydrogen-bond acceptors (Lipinski definition) is 5. The van der Waals surface area contributed by atoms with Crippen LogP contribution in [0.15, 0.2) is 11.6 Å². The first kappa shape index (κ1) is 16.6. The average molecular weight is 258 g/mol. The Kier molecular flexibility index (Phi) is 8.03. The van der Waals surface area contributed by atoms with Crippen LogP contribution in [0.4, 0.5) is 0 Å². The van der Waals surface area contributed by atoms with E-state index in [2.05, 4.69) is 0 Å². The van der Waals surface area contributed by atoms with Crippen molar-refractivity contribution in [3.8, 4) is 0 Å². The summed E-state index contributed by atoms with van der Waals surface area (Å²) < 4.78 is 9.84. The molecule has 0 aromatic heterocycles. The van der Waals surface area contributed by atoms with Gasteiger partial charge in [0, 0.05) is 12.5 Å². The average Bonchev–Trinajstić information content (AvgIpc) is 2.21. The molecule has 0 aromatic carbocycles. The van der Waals surface area contributed by atoms with Crippen molar-refractivity contribution in [1.82, 2.24) is 0 Å². The Labute approximate surface area is 108 Å². The third-order valence-corrected chi connectivity index (χ3v) is 1.90. The Morgan fingerprint density at radius 3 is 2.33 bits per heavy atom. The van der Waals surface area contributed by atoms with Gasteiger partial charge in [-0.05, 0) is 19.8 Å². The maximum absolute atomic E-state index is 11.3. The maximum Gasteiger partial charge on any atom is 0.331 e. The molecular weight excluding hydrogens is 236 g/mol. The highest BCUT2D eigenvalue weighted by molar-refractivity contribution is 5.82. The molecule has 0 bridgehead atoms. The molecule has 0 aliphatic rings. The molecule has 18 heavy (non-hydrogen) atoms. The number of carbonyl (C=O) groups is 2. The van der Waals surface area contributed by atoms with E-state index in [4.69, 9.17) is 14.6 Å². The maximum atomic E-state index is 11.3. The van der Waals surface area contributed by atoms with Gasteiger partial charge in [0.1, 0.15) is 6.61 Å². The summed E-state index contributed by atoms with van der Waals surface area (Å²) >= 11 is 0. The standard InChI is InChI=1S/C13H22O5/c1-9(2)5-12(15)17-8-11(7-14)18-13(16)6-10(3)4/h6,9,11,14H,5,7-8H2,1-4H3. The quantitative estimate of drug-likeness (QED) is 0.552. The van der Waals surface area contributed by atoms with Gasteiger partial charge in [0.15, 0.2) is 6.10 Å². The van der Waals surface area contributed by atoms with Crippen molar-refractivity contribution in [3.05, 3.63) is 11.6 Å². The minimum atomic E-state index is -0.816. The molecular formula is C13H22O5. The van der Waals surface area contributed by atoms with Crippen molar-refractivity contribution in [2.45, 2.75) is 40.2 Å². The fourth-order valence-corrected chi connectivity index (χ4v) is 1.14. The van der Waals surface area contributed by atoms with Gasteiger partial charge >= 0.3 is 11.9 Å². The van der Waals surface area contributed by atoms with E-state index in [1.54, 1.807) is 13.8 Å². The zero-order valence-corrected chi connectivity index (χ0v) is 11.4. The summed E-state index contributed by atoms with van der Waals surface area (Å²) in [5, 5.41) is 9.01. The number of esters is 2. The summed E-state index contributed by atoms with van der Waals surface area (Å²) in [6.45, 7) is 6.83. The molecule has 0 fully saturated rings. The minimum Gasteiger partial charge on any atom is -0.462 e. The van der Waals surface area contributed by atoms with E-state index in [0.29, 0.717) is 6.42 Å². The molecule has 0 aliphatic carbocycles. The highest BCUT2D eigenvalue weighted by Gasteiger charge is 2.15. The van der Waals surface area contributed by atoms with E-state index < -0.39 is 12.1 Å². The molecule has 0 heterocycles. The number of rotatable bonds is 7. The van der Waals surface area contributed by atoms with Gasteiger partial charge in [-0.15, -0.1) is 0 Å². The Balaban J connectivity index is 4.08. The fraction of sp³-hybridized carbons (Fsp3) is 0.692. The van der Waals surface area contributed by atoms with E-state index >= 15 is 0 Å². The first-order valence-corrected chi connectivity index (χ1v) is 5.97. The van der Waals surface area contributed by atoms with Crippen molar-refractivity contribution < 1.29 is 24.2 Å². The lowest BCUT2D eigenvalue weighted by molar-refractivity contribution is -0.158. The monoisotopic (exact) mass is 258 g/mol. The molecule has 1 N–H and O–H groups in total. The Morgan fingerprint density at radius 2 is 1.89 bits per heavy atom. The van der Waals surface area contributed by atoms with Crippen LogP contribution in [0.3, 0.4) is 0 Å². The lowest BCUT2D eigenvalue weighted by atomic mass is 10.1. The number of aliphatic hydroxyl groups is 1. The minimum absolute atomic E-state index is 0.121. The van der Waals surface area contributed by atoms with E-state index in [1.807, 2.05) is 13.8 Å². The van der Waals surface area contributed by atoms with Crippen LogP contribution in [0.5, 0.6) is 0 Å². The Hall–Kier alpha value is -1.36. The van der Waals surface area contributed by atoms with Crippen molar-refractivity contribution in [2.24, 2.45) is 5.92 Å². The third kappa shape index (κ3) is 8.75. The van der Waals surface area contributed by atoms with Gasteiger partial charge in [0.25, 0.3) is 0 Å². The fourth-order valence-electron chi connectivity index (χ4n) is 1.14. The van der Waals surface area contributed by atoms with Gasteiger partial charge in [-0.3, -0.25) is 4.79 Å². The lowest BCUT2D eigenvalue weighted by Crippen LogP contribution is -2.28. The summed E-state index contributed by atoms with van der Waals surface area (Å²) in [6.07, 6.45) is 0.808. The van der Waals surface area contributed by atoms with Crippen molar-refractivity contribution in [2.75, 3.05) is 13.2 Å². The number of aliphatic hydroxyl groups excluding tert-OH is 1. The summed E-state index contributed by atoms with van der Waals surface area (Å²) in [5.74, 6) is -0.700. The Morgan fingerprint density at radius 1 is 1.28 bits per heavy atom. The summed E-state index contributed by atoms with van der Waals surface area (Å²) in [5.41, 5.74) is 0.800. The first-order chi connectivity index (χ1) is 8.35. The highest BCUT2D eigenvalue weighted by atomic mass is 16.6. The van der Waals surface area contributed by atoms with Crippen LogP contribution < -0.4 is 0 Å². The van der Waals surface area contributed by atoms with Crippen LogP contribution in [-0.2, 0) is 19.1 Å². The zero-order chi connectivity index (χ0) is 14.1. The highest BCUT2D eigenvalue weighted by Crippen LogP contribution is 2.03. The summed E-state index contributed by atoms with van der Waals surface area (Å²) in [4.78, 5) is 22.6. The van der Waals surface area contributed by atoms with Gasteiger partial charge in [-0.2, -0.15) is 0 Å². The van der Waals surface area contributed by atoms with Gasteiger partial charge < -0.3 is 14.6 Å². The summed E-state index contributed by atoms with van der Waals surface area (Å²) in [6, 6.07) is 0. The molecule has 1 atom stereocenters. The second-order valence-electron chi connectivity index (χ2n) is 4.74. The first-order valence-electron chi connectivity index (χ1n) is 5.97. The molecule has 0 amide bonds. The van der Waals surface area contributed by atoms with Crippen molar-refractivity contribution in [1.29, 1.82) is 0 Å². The molecule has 0 saturated carbocycles. The third-order valence-electron chi connectivity index (χ3n) is 1.90. The largest absolute Gasteiger partial charge is 0.462 e. The second-order valence-corrected chi connectivity index (χ2v) is 4.74. The molecule has 0 aromatic rings. The molecule has 0 aliphatic heterocycles.